The van der Waals surface area contributed by atoms with Gasteiger partial charge in [-0.05, 0) is 18.1 Å². The topological polar surface area (TPSA) is 75.6 Å². The van der Waals surface area contributed by atoms with Gasteiger partial charge in [0.2, 0.25) is 10.0 Å². The Balaban J connectivity index is 2.40. The minimum Gasteiger partial charge on any atom is -0.508 e. The summed E-state index contributed by atoms with van der Waals surface area (Å²) in [4.78, 5) is 0. The van der Waals surface area contributed by atoms with Crippen molar-refractivity contribution >= 4 is 10.0 Å². The highest BCUT2D eigenvalue weighted by atomic mass is 32.2. The fraction of sp³-hybridized carbons (Fsp3) is 0.455. The minimum atomic E-state index is -3.28. The van der Waals surface area contributed by atoms with Gasteiger partial charge in [0, 0.05) is 13.7 Å². The molecule has 0 radical (unpaired) electrons. The van der Waals surface area contributed by atoms with E-state index < -0.39 is 10.0 Å². The second-order valence-corrected chi connectivity index (χ2v) is 5.51. The summed E-state index contributed by atoms with van der Waals surface area (Å²) in [6.45, 7) is 0.440. The number of benzene rings is 1. The van der Waals surface area contributed by atoms with Crippen LogP contribution in [0.4, 0.5) is 0 Å². The summed E-state index contributed by atoms with van der Waals surface area (Å²) in [5.74, 6) is 0.133. The third-order valence-corrected chi connectivity index (χ3v) is 3.61. The smallest absolute Gasteiger partial charge is 0.213 e. The summed E-state index contributed by atoms with van der Waals surface area (Å²) in [5.41, 5.74) is 0.724. The lowest BCUT2D eigenvalue weighted by Crippen LogP contribution is -2.30. The number of para-hydroxylation sites is 1. The van der Waals surface area contributed by atoms with Crippen molar-refractivity contribution < 1.29 is 18.3 Å². The second-order valence-electron chi connectivity index (χ2n) is 3.58. The Morgan fingerprint density at radius 1 is 1.35 bits per heavy atom. The summed E-state index contributed by atoms with van der Waals surface area (Å²) in [6, 6.07) is 6.86. The molecule has 0 spiro atoms. The number of sulfonamides is 1. The fourth-order valence-electron chi connectivity index (χ4n) is 1.33. The molecule has 6 heteroatoms. The molecule has 0 unspecified atom stereocenters. The number of rotatable bonds is 7. The Labute approximate surface area is 101 Å². The second kappa shape index (κ2) is 6.58. The Morgan fingerprint density at radius 2 is 2.06 bits per heavy atom. The maximum Gasteiger partial charge on any atom is 0.213 e. The molecule has 0 bridgehead atoms. The molecular formula is C11H17NO4S. The van der Waals surface area contributed by atoms with Crippen molar-refractivity contribution in [3.63, 3.8) is 0 Å². The largest absolute Gasteiger partial charge is 0.508 e. The molecule has 17 heavy (non-hydrogen) atoms. The van der Waals surface area contributed by atoms with Crippen molar-refractivity contribution in [1.29, 1.82) is 0 Å². The van der Waals surface area contributed by atoms with Crippen LogP contribution in [0, 0.1) is 0 Å². The van der Waals surface area contributed by atoms with E-state index in [1.54, 1.807) is 24.3 Å². The third-order valence-electron chi connectivity index (χ3n) is 2.26. The molecule has 2 N–H and O–H groups in total. The number of phenols is 1. The van der Waals surface area contributed by atoms with E-state index in [0.717, 1.165) is 5.56 Å². The van der Waals surface area contributed by atoms with E-state index in [4.69, 9.17) is 4.74 Å². The van der Waals surface area contributed by atoms with Crippen LogP contribution in [0.3, 0.4) is 0 Å². The van der Waals surface area contributed by atoms with Gasteiger partial charge in [0.15, 0.2) is 0 Å². The van der Waals surface area contributed by atoms with Crippen LogP contribution in [0.15, 0.2) is 24.3 Å². The molecule has 0 aliphatic carbocycles. The van der Waals surface area contributed by atoms with Crippen LogP contribution in [0.5, 0.6) is 5.75 Å². The van der Waals surface area contributed by atoms with Crippen molar-refractivity contribution in [3.05, 3.63) is 29.8 Å². The molecule has 1 aromatic carbocycles. The van der Waals surface area contributed by atoms with Gasteiger partial charge in [-0.15, -0.1) is 0 Å². The highest BCUT2D eigenvalue weighted by Gasteiger charge is 2.09. The van der Waals surface area contributed by atoms with Gasteiger partial charge in [-0.25, -0.2) is 13.1 Å². The van der Waals surface area contributed by atoms with Gasteiger partial charge in [-0.2, -0.15) is 0 Å². The summed E-state index contributed by atoms with van der Waals surface area (Å²) in [7, 11) is -1.83. The van der Waals surface area contributed by atoms with Crippen LogP contribution < -0.4 is 4.72 Å². The maximum absolute atomic E-state index is 11.4. The molecule has 96 valence electrons. The molecule has 5 nitrogen and oxygen atoms in total. The monoisotopic (exact) mass is 259 g/mol. The number of nitrogens with one attached hydrogen (secondary N) is 1. The first kappa shape index (κ1) is 14.0. The van der Waals surface area contributed by atoms with E-state index in [1.165, 1.54) is 7.11 Å². The minimum absolute atomic E-state index is 0.0513. The summed E-state index contributed by atoms with van der Waals surface area (Å²) in [6.07, 6.45) is 0.457. The number of phenolic OH excluding ortho intramolecular Hbond substituents is 1. The first-order valence-corrected chi connectivity index (χ1v) is 6.93. The average Bonchev–Trinajstić information content (AvgIpc) is 2.29. The van der Waals surface area contributed by atoms with E-state index in [2.05, 4.69) is 4.72 Å². The lowest BCUT2D eigenvalue weighted by atomic mass is 10.1. The Kier molecular flexibility index (Phi) is 5.40. The van der Waals surface area contributed by atoms with Crippen LogP contribution in [0.25, 0.3) is 0 Å². The van der Waals surface area contributed by atoms with Gasteiger partial charge in [0.05, 0.1) is 12.4 Å². The zero-order chi connectivity index (χ0) is 12.7. The van der Waals surface area contributed by atoms with Gasteiger partial charge >= 0.3 is 0 Å². The quantitative estimate of drug-likeness (QED) is 0.747. The van der Waals surface area contributed by atoms with Crippen LogP contribution in [-0.4, -0.2) is 39.5 Å². The predicted molar refractivity (Wildman–Crippen MR) is 65.5 cm³/mol. The Bertz CT molecular complexity index is 445. The number of hydrogen-bond donors (Lipinski definition) is 2. The highest BCUT2D eigenvalue weighted by Crippen LogP contribution is 2.15. The van der Waals surface area contributed by atoms with E-state index in [0.29, 0.717) is 6.42 Å². The lowest BCUT2D eigenvalue weighted by molar-refractivity contribution is 0.217. The standard InChI is InChI=1S/C11H17NO4S/c1-16-8-9-17(14,15)12-7-6-10-4-2-3-5-11(10)13/h2-5,12-13H,6-9H2,1H3. The molecule has 0 aromatic heterocycles. The first-order valence-electron chi connectivity index (χ1n) is 5.28. The molecule has 0 saturated heterocycles. The molecule has 0 aliphatic rings. The molecule has 0 atom stereocenters. The molecular weight excluding hydrogens is 242 g/mol. The number of hydrogen-bond acceptors (Lipinski definition) is 4. The van der Waals surface area contributed by atoms with Crippen LogP contribution >= 0.6 is 0 Å². The van der Waals surface area contributed by atoms with Crippen LogP contribution in [-0.2, 0) is 21.2 Å². The van der Waals surface area contributed by atoms with Crippen LogP contribution in [0.1, 0.15) is 5.56 Å². The zero-order valence-corrected chi connectivity index (χ0v) is 10.5. The van der Waals surface area contributed by atoms with Crippen molar-refractivity contribution in [2.45, 2.75) is 6.42 Å². The first-order chi connectivity index (χ1) is 8.05. The summed E-state index contributed by atoms with van der Waals surface area (Å²) < 4.78 is 30.0. The predicted octanol–water partition coefficient (Wildman–Crippen LogP) is 0.500. The average molecular weight is 259 g/mol. The molecule has 0 heterocycles. The molecule has 0 aliphatic heterocycles. The Morgan fingerprint density at radius 3 is 2.71 bits per heavy atom. The SMILES string of the molecule is COCCS(=O)(=O)NCCc1ccccc1O. The molecule has 1 rings (SSSR count). The third kappa shape index (κ3) is 5.16. The van der Waals surface area contributed by atoms with E-state index in [1.807, 2.05) is 0 Å². The Hall–Kier alpha value is -1.11. The molecule has 0 amide bonds. The maximum atomic E-state index is 11.4. The lowest BCUT2D eigenvalue weighted by Gasteiger charge is -2.07. The van der Waals surface area contributed by atoms with Crippen molar-refractivity contribution in [3.8, 4) is 5.75 Å². The van der Waals surface area contributed by atoms with Gasteiger partial charge in [0.25, 0.3) is 0 Å². The van der Waals surface area contributed by atoms with Crippen molar-refractivity contribution in [1.82, 2.24) is 4.72 Å². The van der Waals surface area contributed by atoms with Crippen molar-refractivity contribution in [2.24, 2.45) is 0 Å². The summed E-state index contributed by atoms with van der Waals surface area (Å²) >= 11 is 0. The van der Waals surface area contributed by atoms with E-state index in [9.17, 15) is 13.5 Å². The van der Waals surface area contributed by atoms with Gasteiger partial charge in [-0.3, -0.25) is 0 Å². The highest BCUT2D eigenvalue weighted by molar-refractivity contribution is 7.89. The summed E-state index contributed by atoms with van der Waals surface area (Å²) in [5, 5.41) is 9.48. The zero-order valence-electron chi connectivity index (χ0n) is 9.72. The van der Waals surface area contributed by atoms with E-state index in [-0.39, 0.29) is 24.7 Å². The van der Waals surface area contributed by atoms with Gasteiger partial charge < -0.3 is 9.84 Å². The van der Waals surface area contributed by atoms with Crippen molar-refractivity contribution in [2.75, 3.05) is 26.0 Å². The normalized spacial score (nSPS) is 11.6. The number of ether oxygens (including phenoxy) is 1. The molecule has 1 aromatic rings. The van der Waals surface area contributed by atoms with Gasteiger partial charge in [-0.1, -0.05) is 18.2 Å². The number of aromatic hydroxyl groups is 1. The number of methoxy groups -OCH3 is 1. The molecule has 0 saturated carbocycles. The van der Waals surface area contributed by atoms with Gasteiger partial charge in [0.1, 0.15) is 5.75 Å². The fourth-order valence-corrected chi connectivity index (χ4v) is 2.27. The van der Waals surface area contributed by atoms with E-state index >= 15 is 0 Å². The molecule has 0 fully saturated rings. The van der Waals surface area contributed by atoms with Crippen LogP contribution in [0.2, 0.25) is 0 Å².